The number of hydrogen-bond donors (Lipinski definition) is 1. The molecule has 0 spiro atoms. The molecule has 1 saturated heterocycles. The first-order chi connectivity index (χ1) is 9.27. The van der Waals surface area contributed by atoms with Gasteiger partial charge in [0.2, 0.25) is 0 Å². The Hall–Kier alpha value is -0.720. The zero-order valence-corrected chi connectivity index (χ0v) is 12.3. The van der Waals surface area contributed by atoms with E-state index in [-0.39, 0.29) is 6.04 Å². The Morgan fingerprint density at radius 3 is 2.84 bits per heavy atom. The van der Waals surface area contributed by atoms with Crippen molar-refractivity contribution in [1.29, 1.82) is 0 Å². The van der Waals surface area contributed by atoms with Crippen LogP contribution in [0, 0.1) is 0 Å². The maximum absolute atomic E-state index is 11.3. The van der Waals surface area contributed by atoms with E-state index in [4.69, 9.17) is 0 Å². The maximum Gasteiger partial charge on any atom is 0.320 e. The summed E-state index contributed by atoms with van der Waals surface area (Å²) in [5.74, 6) is 0.139. The van der Waals surface area contributed by atoms with Gasteiger partial charge in [0.05, 0.1) is 0 Å². The highest BCUT2D eigenvalue weighted by Gasteiger charge is 2.27. The third-order valence-corrected chi connectivity index (χ3v) is 5.42. The van der Waals surface area contributed by atoms with Crippen LogP contribution in [0.5, 0.6) is 0 Å². The van der Waals surface area contributed by atoms with Gasteiger partial charge in [-0.25, -0.2) is 4.98 Å². The molecule has 19 heavy (non-hydrogen) atoms. The smallest absolute Gasteiger partial charge is 0.320 e. The largest absolute Gasteiger partial charge is 0.480 e. The lowest BCUT2D eigenvalue weighted by Gasteiger charge is -2.23. The predicted molar refractivity (Wildman–Crippen MR) is 79.4 cm³/mol. The number of aliphatic carboxylic acids is 1. The van der Waals surface area contributed by atoms with Crippen molar-refractivity contribution in [3.63, 3.8) is 0 Å². The molecule has 0 aliphatic carbocycles. The van der Waals surface area contributed by atoms with Crippen LogP contribution in [0.15, 0.2) is 29.4 Å². The summed E-state index contributed by atoms with van der Waals surface area (Å²) in [5, 5.41) is 10.3. The quantitative estimate of drug-likeness (QED) is 0.617. The second-order valence-electron chi connectivity index (χ2n) is 4.46. The molecule has 1 aromatic heterocycles. The topological polar surface area (TPSA) is 53.4 Å². The Labute approximate surface area is 121 Å². The number of aromatic nitrogens is 1. The average Bonchev–Trinajstić information content (AvgIpc) is 2.93. The Bertz CT molecular complexity index is 397. The Balaban J connectivity index is 1.72. The fraction of sp³-hybridized carbons (Fsp3) is 0.538. The van der Waals surface area contributed by atoms with Gasteiger partial charge in [-0.1, -0.05) is 16.9 Å². The summed E-state index contributed by atoms with van der Waals surface area (Å²) >= 11 is 0. The molecule has 4 nitrogen and oxygen atoms in total. The van der Waals surface area contributed by atoms with Crippen LogP contribution in [0.4, 0.5) is 0 Å². The summed E-state index contributed by atoms with van der Waals surface area (Å²) in [6, 6.07) is 5.49. The molecule has 1 aliphatic rings. The van der Waals surface area contributed by atoms with Gasteiger partial charge in [0, 0.05) is 11.9 Å². The van der Waals surface area contributed by atoms with Gasteiger partial charge < -0.3 is 5.11 Å². The molecule has 0 radical (unpaired) electrons. The molecular formula is C13H18N2O2S2. The van der Waals surface area contributed by atoms with Crippen molar-refractivity contribution in [2.24, 2.45) is 0 Å². The van der Waals surface area contributed by atoms with Gasteiger partial charge in [0.1, 0.15) is 11.1 Å². The zero-order valence-electron chi connectivity index (χ0n) is 10.7. The van der Waals surface area contributed by atoms with E-state index in [1.54, 1.807) is 27.8 Å². The third-order valence-electron chi connectivity index (χ3n) is 3.12. The highest BCUT2D eigenvalue weighted by Crippen LogP contribution is 2.30. The zero-order chi connectivity index (χ0) is 13.5. The number of carboxylic acids is 1. The van der Waals surface area contributed by atoms with Crippen LogP contribution in [0.2, 0.25) is 0 Å². The van der Waals surface area contributed by atoms with Crippen LogP contribution in [0.1, 0.15) is 19.3 Å². The standard InChI is InChI=1S/C13H18N2O2S2/c16-13(17)11(15-8-3-4-9-15)6-10-18-19-12-5-1-2-7-14-12/h1-2,5,7,11H,3-4,6,8-10H2,(H,16,17). The maximum atomic E-state index is 11.3. The number of nitrogens with zero attached hydrogens (tertiary/aromatic N) is 2. The van der Waals surface area contributed by atoms with E-state index in [0.29, 0.717) is 6.42 Å². The Morgan fingerprint density at radius 2 is 2.21 bits per heavy atom. The average molecular weight is 298 g/mol. The first kappa shape index (κ1) is 14.7. The van der Waals surface area contributed by atoms with E-state index < -0.39 is 5.97 Å². The van der Waals surface area contributed by atoms with Gasteiger partial charge in [-0.2, -0.15) is 0 Å². The number of carbonyl (C=O) groups is 1. The van der Waals surface area contributed by atoms with Crippen LogP contribution in [-0.2, 0) is 4.79 Å². The fourth-order valence-corrected chi connectivity index (χ4v) is 4.13. The molecule has 0 aromatic carbocycles. The number of pyridine rings is 1. The van der Waals surface area contributed by atoms with Crippen molar-refractivity contribution in [3.05, 3.63) is 24.4 Å². The lowest BCUT2D eigenvalue weighted by Crippen LogP contribution is -2.39. The van der Waals surface area contributed by atoms with Crippen molar-refractivity contribution < 1.29 is 9.90 Å². The lowest BCUT2D eigenvalue weighted by molar-refractivity contribution is -0.142. The van der Waals surface area contributed by atoms with E-state index in [1.807, 2.05) is 18.2 Å². The van der Waals surface area contributed by atoms with Crippen molar-refractivity contribution in [2.45, 2.75) is 30.3 Å². The van der Waals surface area contributed by atoms with Gasteiger partial charge >= 0.3 is 5.97 Å². The summed E-state index contributed by atoms with van der Waals surface area (Å²) in [4.78, 5) is 17.6. The molecule has 1 atom stereocenters. The molecule has 2 rings (SSSR count). The summed E-state index contributed by atoms with van der Waals surface area (Å²) < 4.78 is 0. The summed E-state index contributed by atoms with van der Waals surface area (Å²) in [6.07, 6.45) is 4.71. The predicted octanol–water partition coefficient (Wildman–Crippen LogP) is 2.76. The number of carboxylic acid groups (broad SMARTS) is 1. The van der Waals surface area contributed by atoms with Crippen molar-refractivity contribution in [3.8, 4) is 0 Å². The Kier molecular flexibility index (Phi) is 6.00. The minimum absolute atomic E-state index is 0.320. The number of likely N-dealkylation sites (tertiary alicyclic amines) is 1. The first-order valence-electron chi connectivity index (χ1n) is 6.45. The van der Waals surface area contributed by atoms with Crippen LogP contribution in [0.25, 0.3) is 0 Å². The normalized spacial score (nSPS) is 17.5. The molecule has 1 fully saturated rings. The summed E-state index contributed by atoms with van der Waals surface area (Å²) in [5.41, 5.74) is 0. The molecule has 1 aromatic rings. The van der Waals surface area contributed by atoms with E-state index in [0.717, 1.165) is 36.7 Å². The molecule has 0 bridgehead atoms. The van der Waals surface area contributed by atoms with Crippen molar-refractivity contribution in [2.75, 3.05) is 18.8 Å². The summed E-state index contributed by atoms with van der Waals surface area (Å²) in [6.45, 7) is 1.85. The van der Waals surface area contributed by atoms with Crippen LogP contribution in [-0.4, -0.2) is 45.8 Å². The molecule has 0 saturated carbocycles. The minimum atomic E-state index is -0.690. The SMILES string of the molecule is O=C(O)C(CCSSc1ccccn1)N1CCCC1. The lowest BCUT2D eigenvalue weighted by atomic mass is 10.2. The second kappa shape index (κ2) is 7.77. The summed E-state index contributed by atoms with van der Waals surface area (Å²) in [7, 11) is 3.29. The number of hydrogen-bond acceptors (Lipinski definition) is 5. The molecule has 1 N–H and O–H groups in total. The van der Waals surface area contributed by atoms with Gasteiger partial charge in [-0.15, -0.1) is 0 Å². The molecular weight excluding hydrogens is 280 g/mol. The van der Waals surface area contributed by atoms with Crippen molar-refractivity contribution >= 4 is 27.6 Å². The van der Waals surface area contributed by atoms with E-state index in [1.165, 1.54) is 0 Å². The van der Waals surface area contributed by atoms with Gasteiger partial charge in [0.25, 0.3) is 0 Å². The molecule has 6 heteroatoms. The fourth-order valence-electron chi connectivity index (χ4n) is 2.17. The van der Waals surface area contributed by atoms with Crippen molar-refractivity contribution in [1.82, 2.24) is 9.88 Å². The second-order valence-corrected chi connectivity index (χ2v) is 6.90. The molecule has 104 valence electrons. The minimum Gasteiger partial charge on any atom is -0.480 e. The van der Waals surface area contributed by atoms with Gasteiger partial charge in [-0.3, -0.25) is 9.69 Å². The first-order valence-corrected chi connectivity index (χ1v) is 8.76. The molecule has 1 aliphatic heterocycles. The van der Waals surface area contributed by atoms with E-state index in [2.05, 4.69) is 9.88 Å². The number of rotatable bonds is 7. The van der Waals surface area contributed by atoms with Gasteiger partial charge in [0.15, 0.2) is 0 Å². The van der Waals surface area contributed by atoms with Crippen LogP contribution < -0.4 is 0 Å². The van der Waals surface area contributed by atoms with E-state index in [9.17, 15) is 9.90 Å². The highest BCUT2D eigenvalue weighted by molar-refractivity contribution is 8.76. The van der Waals surface area contributed by atoms with Crippen LogP contribution in [0.3, 0.4) is 0 Å². The molecule has 0 amide bonds. The monoisotopic (exact) mass is 298 g/mol. The third kappa shape index (κ3) is 4.71. The van der Waals surface area contributed by atoms with Crippen LogP contribution >= 0.6 is 21.6 Å². The molecule has 1 unspecified atom stereocenters. The molecule has 2 heterocycles. The highest BCUT2D eigenvalue weighted by atomic mass is 33.1. The Morgan fingerprint density at radius 1 is 1.42 bits per heavy atom. The van der Waals surface area contributed by atoms with E-state index >= 15 is 0 Å². The van der Waals surface area contributed by atoms with Gasteiger partial charge in [-0.05, 0) is 55.3 Å².